The third-order valence-electron chi connectivity index (χ3n) is 3.61. The van der Waals surface area contributed by atoms with Crippen LogP contribution >= 0.6 is 0 Å². The number of ether oxygens (including phenoxy) is 1. The molecular weight excluding hydrogens is 244 g/mol. The first-order chi connectivity index (χ1) is 8.86. The molecule has 4 nitrogen and oxygen atoms in total. The number of carbonyl (C=O) groups is 2. The zero-order valence-corrected chi connectivity index (χ0v) is 11.8. The molecule has 1 aromatic carbocycles. The Bertz CT molecular complexity index is 477. The van der Waals surface area contributed by atoms with E-state index in [0.717, 1.165) is 5.56 Å². The molecule has 4 heteroatoms. The number of ketones is 1. The predicted octanol–water partition coefficient (Wildman–Crippen LogP) is 2.65. The van der Waals surface area contributed by atoms with E-state index in [1.165, 1.54) is 0 Å². The molecule has 0 aromatic heterocycles. The molecule has 0 radical (unpaired) electrons. The number of hydrogen-bond acceptors (Lipinski definition) is 3. The van der Waals surface area contributed by atoms with Crippen LogP contribution in [0.1, 0.15) is 32.8 Å². The fourth-order valence-electron chi connectivity index (χ4n) is 2.54. The maximum absolute atomic E-state index is 11.9. The van der Waals surface area contributed by atoms with Crippen LogP contribution in [0.4, 0.5) is 0 Å². The van der Waals surface area contributed by atoms with E-state index in [1.807, 2.05) is 45.0 Å². The van der Waals surface area contributed by atoms with Gasteiger partial charge in [0.15, 0.2) is 0 Å². The molecule has 0 saturated carbocycles. The van der Waals surface area contributed by atoms with E-state index in [2.05, 4.69) is 0 Å². The van der Waals surface area contributed by atoms with Crippen molar-refractivity contribution in [3.8, 4) is 5.75 Å². The van der Waals surface area contributed by atoms with Crippen molar-refractivity contribution in [3.05, 3.63) is 29.8 Å². The Labute approximate surface area is 113 Å². The van der Waals surface area contributed by atoms with Gasteiger partial charge in [-0.05, 0) is 12.5 Å². The second-order valence-electron chi connectivity index (χ2n) is 5.05. The van der Waals surface area contributed by atoms with Gasteiger partial charge in [-0.1, -0.05) is 39.0 Å². The molecular formula is C15H20O4. The molecule has 0 heterocycles. The first kappa shape index (κ1) is 15.2. The van der Waals surface area contributed by atoms with E-state index in [-0.39, 0.29) is 0 Å². The molecule has 0 fully saturated rings. The van der Waals surface area contributed by atoms with Gasteiger partial charge in [0.25, 0.3) is 0 Å². The zero-order valence-electron chi connectivity index (χ0n) is 11.8. The summed E-state index contributed by atoms with van der Waals surface area (Å²) in [6.45, 7) is 5.57. The average molecular weight is 264 g/mol. The van der Waals surface area contributed by atoms with E-state index >= 15 is 0 Å². The fraction of sp³-hybridized carbons (Fsp3) is 0.467. The third-order valence-corrected chi connectivity index (χ3v) is 3.61. The number of Topliss-reactive ketones (excluding diaryl/α,β-unsaturated/α-hetero) is 1. The number of carboxylic acids is 1. The quantitative estimate of drug-likeness (QED) is 0.802. The first-order valence-electron chi connectivity index (χ1n) is 6.26. The molecule has 1 rings (SSSR count). The lowest BCUT2D eigenvalue weighted by Gasteiger charge is -2.33. The first-order valence-corrected chi connectivity index (χ1v) is 6.26. The van der Waals surface area contributed by atoms with Crippen molar-refractivity contribution >= 4 is 11.8 Å². The van der Waals surface area contributed by atoms with Gasteiger partial charge in [0.1, 0.15) is 5.75 Å². The molecule has 0 bridgehead atoms. The number of aliphatic carboxylic acids is 1. The van der Waals surface area contributed by atoms with Gasteiger partial charge in [0.05, 0.1) is 7.11 Å². The van der Waals surface area contributed by atoms with Crippen molar-refractivity contribution in [1.82, 2.24) is 0 Å². The highest BCUT2D eigenvalue weighted by molar-refractivity contribution is 6.33. The molecule has 1 unspecified atom stereocenters. The fourth-order valence-corrected chi connectivity index (χ4v) is 2.54. The highest BCUT2D eigenvalue weighted by atomic mass is 16.5. The summed E-state index contributed by atoms with van der Waals surface area (Å²) in [6.07, 6.45) is 0.468. The van der Waals surface area contributed by atoms with Gasteiger partial charge >= 0.3 is 5.97 Å². The molecule has 0 spiro atoms. The minimum atomic E-state index is -1.38. The Hall–Kier alpha value is -1.84. The highest BCUT2D eigenvalue weighted by Crippen LogP contribution is 2.39. The van der Waals surface area contributed by atoms with Crippen molar-refractivity contribution in [3.63, 3.8) is 0 Å². The predicted molar refractivity (Wildman–Crippen MR) is 72.4 cm³/mol. The summed E-state index contributed by atoms with van der Waals surface area (Å²) in [7, 11) is 1.56. The van der Waals surface area contributed by atoms with Gasteiger partial charge in [-0.25, -0.2) is 4.79 Å². The average Bonchev–Trinajstić information content (AvgIpc) is 2.38. The van der Waals surface area contributed by atoms with Crippen molar-refractivity contribution in [2.24, 2.45) is 5.92 Å². The van der Waals surface area contributed by atoms with E-state index in [4.69, 9.17) is 9.84 Å². The molecule has 0 amide bonds. The Kier molecular flexibility index (Phi) is 4.70. The molecule has 104 valence electrons. The minimum Gasteiger partial charge on any atom is -0.496 e. The molecule has 19 heavy (non-hydrogen) atoms. The number of rotatable bonds is 6. The summed E-state index contributed by atoms with van der Waals surface area (Å²) in [5.41, 5.74) is 0.246. The van der Waals surface area contributed by atoms with E-state index < -0.39 is 23.1 Å². The second kappa shape index (κ2) is 5.87. The van der Waals surface area contributed by atoms with E-state index in [0.29, 0.717) is 12.2 Å². The third kappa shape index (κ3) is 2.95. The summed E-state index contributed by atoms with van der Waals surface area (Å²) < 4.78 is 5.31. The highest BCUT2D eigenvalue weighted by Gasteiger charge is 2.39. The normalized spacial score (nSPS) is 12.8. The van der Waals surface area contributed by atoms with Crippen LogP contribution in [0.3, 0.4) is 0 Å². The van der Waals surface area contributed by atoms with Gasteiger partial charge in [0, 0.05) is 16.9 Å². The van der Waals surface area contributed by atoms with Crippen LogP contribution in [0.25, 0.3) is 0 Å². The number of carbonyl (C=O) groups excluding carboxylic acids is 1. The van der Waals surface area contributed by atoms with Gasteiger partial charge in [-0.2, -0.15) is 0 Å². The Morgan fingerprint density at radius 1 is 1.32 bits per heavy atom. The molecule has 0 aliphatic rings. The second-order valence-corrected chi connectivity index (χ2v) is 5.05. The van der Waals surface area contributed by atoms with Crippen LogP contribution in [0.15, 0.2) is 24.3 Å². The molecule has 1 atom stereocenters. The summed E-state index contributed by atoms with van der Waals surface area (Å²) >= 11 is 0. The number of methoxy groups -OCH3 is 1. The van der Waals surface area contributed by atoms with Gasteiger partial charge in [-0.15, -0.1) is 0 Å². The van der Waals surface area contributed by atoms with Crippen molar-refractivity contribution in [1.29, 1.82) is 0 Å². The lowest BCUT2D eigenvalue weighted by Crippen LogP contribution is -2.38. The van der Waals surface area contributed by atoms with Crippen LogP contribution in [0.5, 0.6) is 5.75 Å². The molecule has 1 aromatic rings. The Morgan fingerprint density at radius 2 is 1.89 bits per heavy atom. The largest absolute Gasteiger partial charge is 0.496 e. The summed E-state index contributed by atoms with van der Waals surface area (Å²) in [4.78, 5) is 22.8. The summed E-state index contributed by atoms with van der Waals surface area (Å²) in [6, 6.07) is 7.39. The zero-order chi connectivity index (χ0) is 14.6. The maximum atomic E-state index is 11.9. The van der Waals surface area contributed by atoms with Gasteiger partial charge < -0.3 is 9.84 Å². The summed E-state index contributed by atoms with van der Waals surface area (Å²) in [5, 5.41) is 8.94. The van der Waals surface area contributed by atoms with Crippen molar-refractivity contribution in [2.75, 3.05) is 7.11 Å². The standard InChI is InChI=1S/C15H20O4/c1-5-10(13(16)14(17)18)15(2,3)11-8-6-7-9-12(11)19-4/h6-10H,5H2,1-4H3,(H,17,18). The lowest BCUT2D eigenvalue weighted by atomic mass is 9.70. The number of benzene rings is 1. The van der Waals surface area contributed by atoms with Gasteiger partial charge in [0.2, 0.25) is 5.78 Å². The topological polar surface area (TPSA) is 63.6 Å². The van der Waals surface area contributed by atoms with E-state index in [1.54, 1.807) is 7.11 Å². The van der Waals surface area contributed by atoms with Gasteiger partial charge in [-0.3, -0.25) is 4.79 Å². The monoisotopic (exact) mass is 264 g/mol. The molecule has 0 aliphatic carbocycles. The van der Waals surface area contributed by atoms with Crippen molar-refractivity contribution in [2.45, 2.75) is 32.6 Å². The number of para-hydroxylation sites is 1. The smallest absolute Gasteiger partial charge is 0.372 e. The van der Waals surface area contributed by atoms with Crippen LogP contribution in [-0.2, 0) is 15.0 Å². The SMILES string of the molecule is CCC(C(=O)C(=O)O)C(C)(C)c1ccccc1OC. The lowest BCUT2D eigenvalue weighted by molar-refractivity contribution is -0.152. The van der Waals surface area contributed by atoms with Crippen LogP contribution in [0.2, 0.25) is 0 Å². The summed E-state index contributed by atoms with van der Waals surface area (Å²) in [5.74, 6) is -2.04. The minimum absolute atomic E-state index is 0.468. The van der Waals surface area contributed by atoms with Crippen LogP contribution in [0, 0.1) is 5.92 Å². The maximum Gasteiger partial charge on any atom is 0.372 e. The Balaban J connectivity index is 3.27. The number of hydrogen-bond donors (Lipinski definition) is 1. The molecule has 0 aliphatic heterocycles. The number of carboxylic acid groups (broad SMARTS) is 1. The molecule has 0 saturated heterocycles. The van der Waals surface area contributed by atoms with Crippen LogP contribution < -0.4 is 4.74 Å². The van der Waals surface area contributed by atoms with Crippen molar-refractivity contribution < 1.29 is 19.4 Å². The van der Waals surface area contributed by atoms with E-state index in [9.17, 15) is 9.59 Å². The van der Waals surface area contributed by atoms with Crippen LogP contribution in [-0.4, -0.2) is 24.0 Å². The molecule has 1 N–H and O–H groups in total. The Morgan fingerprint density at radius 3 is 2.37 bits per heavy atom.